The highest BCUT2D eigenvalue weighted by atomic mass is 16.2. The molecule has 0 radical (unpaired) electrons. The zero-order chi connectivity index (χ0) is 16.7. The summed E-state index contributed by atoms with van der Waals surface area (Å²) in [5, 5.41) is 11.8. The lowest BCUT2D eigenvalue weighted by atomic mass is 10.1. The number of benzene rings is 1. The maximum absolute atomic E-state index is 11.9. The van der Waals surface area contributed by atoms with E-state index < -0.39 is 0 Å². The van der Waals surface area contributed by atoms with Crippen LogP contribution < -0.4 is 16.4 Å². The Hall–Kier alpha value is -2.90. The van der Waals surface area contributed by atoms with Gasteiger partial charge in [-0.05, 0) is 19.1 Å². The van der Waals surface area contributed by atoms with Crippen LogP contribution >= 0.6 is 0 Å². The molecule has 5 N–H and O–H groups in total. The van der Waals surface area contributed by atoms with Gasteiger partial charge in [0.25, 0.3) is 5.91 Å². The van der Waals surface area contributed by atoms with Crippen LogP contribution in [0.3, 0.4) is 0 Å². The minimum absolute atomic E-state index is 0.137. The van der Waals surface area contributed by atoms with E-state index in [1.54, 1.807) is 12.1 Å². The molecule has 1 aromatic heterocycles. The van der Waals surface area contributed by atoms with Crippen LogP contribution in [0.1, 0.15) is 28.2 Å². The van der Waals surface area contributed by atoms with Gasteiger partial charge in [0, 0.05) is 31.5 Å². The first kappa shape index (κ1) is 16.5. The van der Waals surface area contributed by atoms with E-state index in [0.29, 0.717) is 24.4 Å². The highest BCUT2D eigenvalue weighted by molar-refractivity contribution is 5.94. The van der Waals surface area contributed by atoms with Crippen molar-refractivity contribution in [1.82, 2.24) is 25.8 Å². The molecule has 0 aliphatic rings. The number of aromatic amines is 1. The lowest BCUT2D eigenvalue weighted by molar-refractivity contribution is -0.120. The predicted molar refractivity (Wildman–Crippen MR) is 85.6 cm³/mol. The maximum Gasteiger partial charge on any atom is 0.251 e. The summed E-state index contributed by atoms with van der Waals surface area (Å²) in [4.78, 5) is 27.5. The van der Waals surface area contributed by atoms with Crippen molar-refractivity contribution in [3.63, 3.8) is 0 Å². The largest absolute Gasteiger partial charge is 0.367 e. The number of aromatic nitrogens is 3. The minimum atomic E-state index is -0.185. The maximum atomic E-state index is 11.9. The number of H-pyrrole nitrogens is 1. The number of rotatable bonds is 7. The molecule has 1 aromatic carbocycles. The highest BCUT2D eigenvalue weighted by Gasteiger charge is 2.07. The number of amides is 2. The van der Waals surface area contributed by atoms with Gasteiger partial charge < -0.3 is 16.4 Å². The molecule has 0 saturated carbocycles. The van der Waals surface area contributed by atoms with E-state index in [-0.39, 0.29) is 30.7 Å². The molecule has 2 rings (SSSR count). The second-order valence-corrected chi connectivity index (χ2v) is 5.11. The quantitative estimate of drug-likeness (QED) is 0.579. The first-order valence-corrected chi connectivity index (χ1v) is 7.33. The number of aryl methyl sites for hydroxylation is 1. The molecule has 2 amide bonds. The fraction of sp³-hybridized carbons (Fsp3) is 0.333. The monoisotopic (exact) mass is 316 g/mol. The van der Waals surface area contributed by atoms with Gasteiger partial charge in [0.05, 0.1) is 0 Å². The molecule has 8 nitrogen and oxygen atoms in total. The van der Waals surface area contributed by atoms with Crippen molar-refractivity contribution in [1.29, 1.82) is 0 Å². The second kappa shape index (κ2) is 7.92. The molecule has 0 spiro atoms. The van der Waals surface area contributed by atoms with Gasteiger partial charge in [-0.25, -0.2) is 0 Å². The molecule has 0 atom stereocenters. The number of carbonyl (C=O) groups is 2. The highest BCUT2D eigenvalue weighted by Crippen LogP contribution is 2.02. The van der Waals surface area contributed by atoms with Gasteiger partial charge in [-0.2, -0.15) is 4.98 Å². The van der Waals surface area contributed by atoms with Gasteiger partial charge in [-0.15, -0.1) is 5.10 Å². The predicted octanol–water partition coefficient (Wildman–Crippen LogP) is 0.174. The summed E-state index contributed by atoms with van der Waals surface area (Å²) in [6, 6.07) is 7.26. The van der Waals surface area contributed by atoms with Crippen LogP contribution in [-0.2, 0) is 11.2 Å². The number of nitrogens with one attached hydrogen (secondary N) is 3. The Morgan fingerprint density at radius 2 is 1.91 bits per heavy atom. The number of anilines is 1. The number of nitrogens with zero attached hydrogens (tertiary/aromatic N) is 2. The van der Waals surface area contributed by atoms with E-state index in [1.807, 2.05) is 19.1 Å². The molecule has 0 aliphatic heterocycles. The van der Waals surface area contributed by atoms with E-state index in [2.05, 4.69) is 25.8 Å². The minimum Gasteiger partial charge on any atom is -0.367 e. The molecule has 1 heterocycles. The number of hydrogen-bond donors (Lipinski definition) is 4. The Morgan fingerprint density at radius 3 is 2.57 bits per heavy atom. The van der Waals surface area contributed by atoms with Gasteiger partial charge in [0.2, 0.25) is 11.9 Å². The van der Waals surface area contributed by atoms with Gasteiger partial charge >= 0.3 is 0 Å². The number of nitrogens with two attached hydrogens (primary N) is 1. The third kappa shape index (κ3) is 5.42. The molecule has 0 bridgehead atoms. The van der Waals surface area contributed by atoms with Crippen LogP contribution in [0, 0.1) is 6.92 Å². The molecule has 0 saturated heterocycles. The van der Waals surface area contributed by atoms with Crippen LogP contribution in [0.5, 0.6) is 0 Å². The van der Waals surface area contributed by atoms with Crippen LogP contribution in [-0.4, -0.2) is 40.1 Å². The standard InChI is InChI=1S/C15H20N6O2/c1-10-2-4-11(5-3-10)14(23)18-9-7-13(22)17-8-6-12-19-15(16)21-20-12/h2-5H,6-9H2,1H3,(H,17,22)(H,18,23)(H3,16,19,20,21). The zero-order valence-corrected chi connectivity index (χ0v) is 12.9. The SMILES string of the molecule is Cc1ccc(C(=O)NCCC(=O)NCCc2nc(N)n[nH]2)cc1. The van der Waals surface area contributed by atoms with E-state index in [4.69, 9.17) is 5.73 Å². The van der Waals surface area contributed by atoms with Crippen molar-refractivity contribution < 1.29 is 9.59 Å². The van der Waals surface area contributed by atoms with Crippen molar-refractivity contribution in [2.45, 2.75) is 19.8 Å². The lowest BCUT2D eigenvalue weighted by Crippen LogP contribution is -2.31. The summed E-state index contributed by atoms with van der Waals surface area (Å²) in [7, 11) is 0. The average molecular weight is 316 g/mol. The Kier molecular flexibility index (Phi) is 5.67. The topological polar surface area (TPSA) is 126 Å². The van der Waals surface area contributed by atoms with Crippen LogP contribution in [0.25, 0.3) is 0 Å². The molecular formula is C15H20N6O2. The van der Waals surface area contributed by atoms with Crippen LogP contribution in [0.15, 0.2) is 24.3 Å². The summed E-state index contributed by atoms with van der Waals surface area (Å²) >= 11 is 0. The molecule has 8 heteroatoms. The Bertz CT molecular complexity index is 665. The Labute approximate surface area is 133 Å². The lowest BCUT2D eigenvalue weighted by Gasteiger charge is -2.06. The molecule has 122 valence electrons. The number of nitrogen functional groups attached to an aromatic ring is 1. The van der Waals surface area contributed by atoms with Gasteiger partial charge in [0.1, 0.15) is 5.82 Å². The zero-order valence-electron chi connectivity index (χ0n) is 12.9. The van der Waals surface area contributed by atoms with Gasteiger partial charge in [-0.1, -0.05) is 17.7 Å². The Balaban J connectivity index is 1.62. The van der Waals surface area contributed by atoms with E-state index >= 15 is 0 Å². The van der Waals surface area contributed by atoms with Crippen molar-refractivity contribution in [3.8, 4) is 0 Å². The number of hydrogen-bond acceptors (Lipinski definition) is 5. The fourth-order valence-electron chi connectivity index (χ4n) is 1.93. The molecule has 0 fully saturated rings. The third-order valence-electron chi connectivity index (χ3n) is 3.18. The summed E-state index contributed by atoms with van der Waals surface area (Å²) in [5.74, 6) is 0.484. The first-order chi connectivity index (χ1) is 11.0. The smallest absolute Gasteiger partial charge is 0.251 e. The second-order valence-electron chi connectivity index (χ2n) is 5.11. The van der Waals surface area contributed by atoms with E-state index in [0.717, 1.165) is 5.56 Å². The van der Waals surface area contributed by atoms with E-state index in [9.17, 15) is 9.59 Å². The molecule has 0 unspecified atom stereocenters. The van der Waals surface area contributed by atoms with Crippen molar-refractivity contribution in [3.05, 3.63) is 41.2 Å². The average Bonchev–Trinajstić information content (AvgIpc) is 2.93. The van der Waals surface area contributed by atoms with Crippen molar-refractivity contribution in [2.75, 3.05) is 18.8 Å². The molecular weight excluding hydrogens is 296 g/mol. The fourth-order valence-corrected chi connectivity index (χ4v) is 1.93. The van der Waals surface area contributed by atoms with Crippen LogP contribution in [0.2, 0.25) is 0 Å². The van der Waals surface area contributed by atoms with Crippen molar-refractivity contribution in [2.24, 2.45) is 0 Å². The molecule has 23 heavy (non-hydrogen) atoms. The first-order valence-electron chi connectivity index (χ1n) is 7.33. The number of carbonyl (C=O) groups excluding carboxylic acids is 2. The van der Waals surface area contributed by atoms with Crippen molar-refractivity contribution >= 4 is 17.8 Å². The third-order valence-corrected chi connectivity index (χ3v) is 3.18. The summed E-state index contributed by atoms with van der Waals surface area (Å²) in [6.07, 6.45) is 0.738. The summed E-state index contributed by atoms with van der Waals surface area (Å²) in [5.41, 5.74) is 7.05. The normalized spacial score (nSPS) is 10.3. The summed E-state index contributed by atoms with van der Waals surface area (Å²) < 4.78 is 0. The van der Waals surface area contributed by atoms with Crippen LogP contribution in [0.4, 0.5) is 5.95 Å². The summed E-state index contributed by atoms with van der Waals surface area (Å²) in [6.45, 7) is 2.67. The van der Waals surface area contributed by atoms with Gasteiger partial charge in [-0.3, -0.25) is 14.7 Å². The Morgan fingerprint density at radius 1 is 1.17 bits per heavy atom. The van der Waals surface area contributed by atoms with Gasteiger partial charge in [0.15, 0.2) is 0 Å². The molecule has 0 aliphatic carbocycles. The molecule has 2 aromatic rings. The van der Waals surface area contributed by atoms with E-state index in [1.165, 1.54) is 0 Å².